The second-order valence-electron chi connectivity index (χ2n) is 5.88. The lowest BCUT2D eigenvalue weighted by atomic mass is 10.1. The number of halogens is 1. The zero-order valence-electron chi connectivity index (χ0n) is 12.0. The average Bonchev–Trinajstić information content (AvgIpc) is 2.38. The van der Waals surface area contributed by atoms with Crippen molar-refractivity contribution < 1.29 is 8.42 Å². The molecule has 1 saturated heterocycles. The third-order valence-corrected chi connectivity index (χ3v) is 5.62. The van der Waals surface area contributed by atoms with Gasteiger partial charge in [-0.05, 0) is 32.9 Å². The van der Waals surface area contributed by atoms with Gasteiger partial charge in [0, 0.05) is 37.9 Å². The van der Waals surface area contributed by atoms with Crippen molar-refractivity contribution in [2.75, 3.05) is 26.2 Å². The highest BCUT2D eigenvalue weighted by Gasteiger charge is 2.32. The summed E-state index contributed by atoms with van der Waals surface area (Å²) in [4.78, 5) is 6.32. The molecule has 0 atom stereocenters. The Morgan fingerprint density at radius 1 is 1.20 bits per heavy atom. The van der Waals surface area contributed by atoms with Gasteiger partial charge in [-0.15, -0.1) is 0 Å². The average molecular weight is 318 g/mol. The fourth-order valence-electron chi connectivity index (χ4n) is 2.29. The van der Waals surface area contributed by atoms with Crippen molar-refractivity contribution in [3.8, 4) is 0 Å². The van der Waals surface area contributed by atoms with Crippen LogP contribution in [-0.2, 0) is 10.0 Å². The summed E-state index contributed by atoms with van der Waals surface area (Å²) in [6.45, 7) is 8.89. The quantitative estimate of drug-likeness (QED) is 0.781. The van der Waals surface area contributed by atoms with Crippen LogP contribution < -0.4 is 0 Å². The molecule has 0 saturated carbocycles. The van der Waals surface area contributed by atoms with E-state index in [9.17, 15) is 8.42 Å². The lowest BCUT2D eigenvalue weighted by molar-refractivity contribution is 0.0922. The zero-order valence-corrected chi connectivity index (χ0v) is 13.6. The standard InChI is InChI=1S/C13H20ClN3O2S/c1-13(2,3)16-6-8-17(9-7-16)20(18,19)11-4-5-15-12(14)10-11/h4-5,10H,6-9H2,1-3H3. The van der Waals surface area contributed by atoms with E-state index in [1.807, 2.05) is 0 Å². The predicted molar refractivity (Wildman–Crippen MR) is 79.3 cm³/mol. The maximum Gasteiger partial charge on any atom is 0.243 e. The predicted octanol–water partition coefficient (Wildman–Crippen LogP) is 1.84. The Labute approximate surface area is 125 Å². The highest BCUT2D eigenvalue weighted by atomic mass is 35.5. The molecule has 1 aromatic rings. The smallest absolute Gasteiger partial charge is 0.243 e. The van der Waals surface area contributed by atoms with Gasteiger partial charge in [0.05, 0.1) is 4.90 Å². The fourth-order valence-corrected chi connectivity index (χ4v) is 3.97. The number of hydrogen-bond acceptors (Lipinski definition) is 4. The molecule has 7 heteroatoms. The SMILES string of the molecule is CC(C)(C)N1CCN(S(=O)(=O)c2ccnc(Cl)c2)CC1. The maximum atomic E-state index is 12.5. The Balaban J connectivity index is 2.14. The molecule has 0 amide bonds. The molecule has 0 N–H and O–H groups in total. The molecule has 1 aliphatic heterocycles. The van der Waals surface area contributed by atoms with Crippen molar-refractivity contribution >= 4 is 21.6 Å². The van der Waals surface area contributed by atoms with E-state index in [2.05, 4.69) is 30.7 Å². The van der Waals surface area contributed by atoms with Gasteiger partial charge < -0.3 is 0 Å². The highest BCUT2D eigenvalue weighted by molar-refractivity contribution is 7.89. The molecule has 2 rings (SSSR count). The molecule has 1 fully saturated rings. The third-order valence-electron chi connectivity index (χ3n) is 3.52. The monoisotopic (exact) mass is 317 g/mol. The van der Waals surface area contributed by atoms with E-state index in [1.165, 1.54) is 22.6 Å². The van der Waals surface area contributed by atoms with Crippen LogP contribution in [0, 0.1) is 0 Å². The van der Waals surface area contributed by atoms with Gasteiger partial charge in [-0.1, -0.05) is 11.6 Å². The van der Waals surface area contributed by atoms with Crippen molar-refractivity contribution in [3.63, 3.8) is 0 Å². The molecule has 0 spiro atoms. The van der Waals surface area contributed by atoms with Crippen LogP contribution in [0.25, 0.3) is 0 Å². The summed E-state index contributed by atoms with van der Waals surface area (Å²) < 4.78 is 26.5. The lowest BCUT2D eigenvalue weighted by Crippen LogP contribution is -2.54. The maximum absolute atomic E-state index is 12.5. The van der Waals surface area contributed by atoms with Crippen molar-refractivity contribution in [2.45, 2.75) is 31.2 Å². The topological polar surface area (TPSA) is 53.5 Å². The second-order valence-corrected chi connectivity index (χ2v) is 8.20. The first kappa shape index (κ1) is 15.7. The molecule has 0 radical (unpaired) electrons. The molecule has 5 nitrogen and oxygen atoms in total. The van der Waals surface area contributed by atoms with Gasteiger partial charge in [0.2, 0.25) is 10.0 Å². The number of aromatic nitrogens is 1. The Hall–Kier alpha value is -0.690. The van der Waals surface area contributed by atoms with E-state index >= 15 is 0 Å². The van der Waals surface area contributed by atoms with Crippen molar-refractivity contribution in [2.24, 2.45) is 0 Å². The summed E-state index contributed by atoms with van der Waals surface area (Å²) in [5, 5.41) is 0.194. The van der Waals surface area contributed by atoms with Crippen LogP contribution in [0.15, 0.2) is 23.2 Å². The Kier molecular flexibility index (Phi) is 4.39. The zero-order chi connectivity index (χ0) is 15.0. The van der Waals surface area contributed by atoms with Crippen LogP contribution in [0.4, 0.5) is 0 Å². The van der Waals surface area contributed by atoms with E-state index in [-0.39, 0.29) is 15.6 Å². The first-order chi connectivity index (χ1) is 9.21. The summed E-state index contributed by atoms with van der Waals surface area (Å²) in [6.07, 6.45) is 1.42. The highest BCUT2D eigenvalue weighted by Crippen LogP contribution is 2.22. The van der Waals surface area contributed by atoms with Gasteiger partial charge in [-0.2, -0.15) is 4.31 Å². The molecule has 1 aromatic heterocycles. The van der Waals surface area contributed by atoms with E-state index < -0.39 is 10.0 Å². The fraction of sp³-hybridized carbons (Fsp3) is 0.615. The van der Waals surface area contributed by atoms with Crippen LogP contribution >= 0.6 is 11.6 Å². The molecular weight excluding hydrogens is 298 g/mol. The van der Waals surface area contributed by atoms with Crippen molar-refractivity contribution in [1.82, 2.24) is 14.2 Å². The van der Waals surface area contributed by atoms with Gasteiger partial charge in [-0.25, -0.2) is 13.4 Å². The van der Waals surface area contributed by atoms with Gasteiger partial charge >= 0.3 is 0 Å². The Bertz CT molecular complexity index is 576. The molecular formula is C13H20ClN3O2S. The lowest BCUT2D eigenvalue weighted by Gasteiger charge is -2.41. The summed E-state index contributed by atoms with van der Waals surface area (Å²) in [5.41, 5.74) is 0.0653. The molecule has 0 aliphatic carbocycles. The summed E-state index contributed by atoms with van der Waals surface area (Å²) in [6, 6.07) is 2.88. The van der Waals surface area contributed by atoms with Gasteiger partial charge in [0.15, 0.2) is 0 Å². The number of sulfonamides is 1. The van der Waals surface area contributed by atoms with Gasteiger partial charge in [-0.3, -0.25) is 4.90 Å². The van der Waals surface area contributed by atoms with Gasteiger partial charge in [0.25, 0.3) is 0 Å². The van der Waals surface area contributed by atoms with Crippen LogP contribution in [0.5, 0.6) is 0 Å². The van der Waals surface area contributed by atoms with E-state index in [0.717, 1.165) is 13.1 Å². The second kappa shape index (κ2) is 5.60. The number of pyridine rings is 1. The number of piperazine rings is 1. The van der Waals surface area contributed by atoms with E-state index in [0.29, 0.717) is 13.1 Å². The Morgan fingerprint density at radius 3 is 2.30 bits per heavy atom. The minimum atomic E-state index is -3.47. The van der Waals surface area contributed by atoms with Crippen LogP contribution in [0.3, 0.4) is 0 Å². The molecule has 0 aromatic carbocycles. The number of nitrogens with zero attached hydrogens (tertiary/aromatic N) is 3. The molecule has 1 aliphatic rings. The molecule has 2 heterocycles. The van der Waals surface area contributed by atoms with Crippen molar-refractivity contribution in [3.05, 3.63) is 23.5 Å². The molecule has 20 heavy (non-hydrogen) atoms. The Morgan fingerprint density at radius 2 is 1.80 bits per heavy atom. The minimum absolute atomic E-state index is 0.0653. The summed E-state index contributed by atoms with van der Waals surface area (Å²) >= 11 is 5.77. The third kappa shape index (κ3) is 3.31. The van der Waals surface area contributed by atoms with E-state index in [1.54, 1.807) is 0 Å². The molecule has 0 unspecified atom stereocenters. The number of rotatable bonds is 2. The number of hydrogen-bond donors (Lipinski definition) is 0. The van der Waals surface area contributed by atoms with Crippen LogP contribution in [-0.4, -0.2) is 54.3 Å². The molecule has 112 valence electrons. The minimum Gasteiger partial charge on any atom is -0.296 e. The van der Waals surface area contributed by atoms with Gasteiger partial charge in [0.1, 0.15) is 5.15 Å². The largest absolute Gasteiger partial charge is 0.296 e. The van der Waals surface area contributed by atoms with Crippen LogP contribution in [0.2, 0.25) is 5.15 Å². The van der Waals surface area contributed by atoms with Crippen LogP contribution in [0.1, 0.15) is 20.8 Å². The first-order valence-electron chi connectivity index (χ1n) is 6.58. The normalized spacial score (nSPS) is 19.2. The van der Waals surface area contributed by atoms with Crippen molar-refractivity contribution in [1.29, 1.82) is 0 Å². The first-order valence-corrected chi connectivity index (χ1v) is 8.40. The summed E-state index contributed by atoms with van der Waals surface area (Å²) in [7, 11) is -3.47. The van der Waals surface area contributed by atoms with E-state index in [4.69, 9.17) is 11.6 Å². The summed E-state index contributed by atoms with van der Waals surface area (Å²) in [5.74, 6) is 0. The molecule has 0 bridgehead atoms.